The highest BCUT2D eigenvalue weighted by Crippen LogP contribution is 2.29. The average Bonchev–Trinajstić information content (AvgIpc) is 3.35. The van der Waals surface area contributed by atoms with E-state index in [0.29, 0.717) is 41.0 Å². The van der Waals surface area contributed by atoms with Crippen molar-refractivity contribution in [3.8, 4) is 16.9 Å². The van der Waals surface area contributed by atoms with Gasteiger partial charge in [0.2, 0.25) is 11.8 Å². The van der Waals surface area contributed by atoms with Crippen LogP contribution in [-0.2, 0) is 16.1 Å². The SMILES string of the molecule is Cc1c(F)cccc1-c1cn(-c2ccc3c(c2)C(=O)N(C2CCC(=O)NC2=O)C3)nn1. The fraction of sp³-hybridized carbons (Fsp3) is 0.227. The minimum absolute atomic E-state index is 0.211. The molecule has 0 spiro atoms. The van der Waals surface area contributed by atoms with Gasteiger partial charge in [0.05, 0.1) is 11.9 Å². The van der Waals surface area contributed by atoms with E-state index in [-0.39, 0.29) is 24.1 Å². The number of carbonyl (C=O) groups is 3. The van der Waals surface area contributed by atoms with Crippen molar-refractivity contribution in [1.82, 2.24) is 25.2 Å². The summed E-state index contributed by atoms with van der Waals surface area (Å²) in [6.07, 6.45) is 2.21. The molecule has 0 saturated carbocycles. The maximum absolute atomic E-state index is 13.9. The van der Waals surface area contributed by atoms with Crippen LogP contribution in [0.4, 0.5) is 4.39 Å². The number of fused-ring (bicyclic) bond motifs is 1. The van der Waals surface area contributed by atoms with Gasteiger partial charge in [-0.1, -0.05) is 23.4 Å². The highest BCUT2D eigenvalue weighted by molar-refractivity contribution is 6.05. The van der Waals surface area contributed by atoms with Gasteiger partial charge >= 0.3 is 0 Å². The number of amides is 3. The van der Waals surface area contributed by atoms with Crippen molar-refractivity contribution in [3.05, 3.63) is 65.1 Å². The van der Waals surface area contributed by atoms with E-state index in [4.69, 9.17) is 0 Å². The average molecular weight is 419 g/mol. The molecule has 0 bridgehead atoms. The molecule has 0 aliphatic carbocycles. The Labute approximate surface area is 176 Å². The molecule has 8 nitrogen and oxygen atoms in total. The molecule has 2 aliphatic rings. The lowest BCUT2D eigenvalue weighted by Gasteiger charge is -2.29. The van der Waals surface area contributed by atoms with Crippen molar-refractivity contribution in [2.24, 2.45) is 0 Å². The fourth-order valence-corrected chi connectivity index (χ4v) is 4.08. The zero-order valence-electron chi connectivity index (χ0n) is 16.6. The number of nitrogens with zero attached hydrogens (tertiary/aromatic N) is 4. The monoisotopic (exact) mass is 419 g/mol. The molecule has 31 heavy (non-hydrogen) atoms. The van der Waals surface area contributed by atoms with Gasteiger partial charge in [0.1, 0.15) is 17.6 Å². The number of aromatic nitrogens is 3. The first-order valence-corrected chi connectivity index (χ1v) is 9.88. The molecule has 0 radical (unpaired) electrons. The summed E-state index contributed by atoms with van der Waals surface area (Å²) in [7, 11) is 0. The van der Waals surface area contributed by atoms with Crippen LogP contribution in [0.2, 0.25) is 0 Å². The summed E-state index contributed by atoms with van der Waals surface area (Å²) in [4.78, 5) is 38.1. The predicted octanol–water partition coefficient (Wildman–Crippen LogP) is 2.14. The van der Waals surface area contributed by atoms with Gasteiger partial charge in [-0.05, 0) is 42.7 Å². The van der Waals surface area contributed by atoms with Crippen molar-refractivity contribution in [1.29, 1.82) is 0 Å². The quantitative estimate of drug-likeness (QED) is 0.656. The van der Waals surface area contributed by atoms with Gasteiger partial charge < -0.3 is 4.90 Å². The molecular formula is C22H18FN5O3. The third-order valence-corrected chi connectivity index (χ3v) is 5.81. The molecule has 1 fully saturated rings. The number of hydrogen-bond donors (Lipinski definition) is 1. The van der Waals surface area contributed by atoms with Gasteiger partial charge in [0, 0.05) is 24.1 Å². The summed E-state index contributed by atoms with van der Waals surface area (Å²) in [5, 5.41) is 10.6. The molecular weight excluding hydrogens is 401 g/mol. The Morgan fingerprint density at radius 2 is 1.97 bits per heavy atom. The van der Waals surface area contributed by atoms with Crippen LogP contribution in [0.15, 0.2) is 42.6 Å². The zero-order valence-corrected chi connectivity index (χ0v) is 16.6. The number of imide groups is 1. The van der Waals surface area contributed by atoms with E-state index in [1.165, 1.54) is 15.6 Å². The molecule has 5 rings (SSSR count). The number of hydrogen-bond acceptors (Lipinski definition) is 5. The first kappa shape index (κ1) is 19.1. The topological polar surface area (TPSA) is 97.2 Å². The predicted molar refractivity (Wildman–Crippen MR) is 108 cm³/mol. The van der Waals surface area contributed by atoms with Crippen LogP contribution in [-0.4, -0.2) is 43.7 Å². The Bertz CT molecular complexity index is 1250. The molecule has 2 aromatic carbocycles. The Morgan fingerprint density at radius 1 is 1.13 bits per heavy atom. The third kappa shape index (κ3) is 3.18. The van der Waals surface area contributed by atoms with Gasteiger partial charge in [0.25, 0.3) is 5.91 Å². The molecule has 1 saturated heterocycles. The van der Waals surface area contributed by atoms with Crippen molar-refractivity contribution in [2.75, 3.05) is 0 Å². The first-order chi connectivity index (χ1) is 14.9. The largest absolute Gasteiger partial charge is 0.322 e. The van der Waals surface area contributed by atoms with Crippen LogP contribution < -0.4 is 5.32 Å². The summed E-state index contributed by atoms with van der Waals surface area (Å²) in [5.74, 6) is -1.33. The number of rotatable bonds is 3. The van der Waals surface area contributed by atoms with E-state index in [1.807, 2.05) is 12.1 Å². The molecule has 156 valence electrons. The molecule has 3 amide bonds. The minimum atomic E-state index is -0.657. The van der Waals surface area contributed by atoms with Crippen LogP contribution in [0, 0.1) is 12.7 Å². The van der Waals surface area contributed by atoms with Gasteiger partial charge in [-0.15, -0.1) is 5.10 Å². The number of benzene rings is 2. The van der Waals surface area contributed by atoms with Crippen LogP contribution in [0.25, 0.3) is 16.9 Å². The molecule has 1 aromatic heterocycles. The molecule has 9 heteroatoms. The minimum Gasteiger partial charge on any atom is -0.322 e. The van der Waals surface area contributed by atoms with E-state index in [1.54, 1.807) is 31.3 Å². The van der Waals surface area contributed by atoms with E-state index in [0.717, 1.165) is 5.56 Å². The lowest BCUT2D eigenvalue weighted by atomic mass is 10.0. The zero-order chi connectivity index (χ0) is 21.7. The van der Waals surface area contributed by atoms with Gasteiger partial charge in [-0.3, -0.25) is 19.7 Å². The molecule has 1 N–H and O–H groups in total. The van der Waals surface area contributed by atoms with Crippen molar-refractivity contribution in [2.45, 2.75) is 32.4 Å². The van der Waals surface area contributed by atoms with Gasteiger partial charge in [-0.25, -0.2) is 9.07 Å². The first-order valence-electron chi connectivity index (χ1n) is 9.88. The normalized spacial score (nSPS) is 18.3. The summed E-state index contributed by atoms with van der Waals surface area (Å²) in [6, 6.07) is 9.48. The third-order valence-electron chi connectivity index (χ3n) is 5.81. The van der Waals surface area contributed by atoms with E-state index in [2.05, 4.69) is 15.6 Å². The maximum Gasteiger partial charge on any atom is 0.255 e. The van der Waals surface area contributed by atoms with E-state index in [9.17, 15) is 18.8 Å². The van der Waals surface area contributed by atoms with Crippen LogP contribution >= 0.6 is 0 Å². The summed E-state index contributed by atoms with van der Waals surface area (Å²) >= 11 is 0. The van der Waals surface area contributed by atoms with Crippen molar-refractivity contribution in [3.63, 3.8) is 0 Å². The summed E-state index contributed by atoms with van der Waals surface area (Å²) in [5.41, 5.74) is 3.58. The van der Waals surface area contributed by atoms with Gasteiger partial charge in [0.15, 0.2) is 0 Å². The summed E-state index contributed by atoms with van der Waals surface area (Å²) in [6.45, 7) is 1.99. The standard InChI is InChI=1S/C22H18FN5O3/c1-12-15(3-2-4-17(12)23)18-11-28(26-25-18)14-6-5-13-10-27(22(31)16(13)9-14)19-7-8-20(29)24-21(19)30/h2-6,9,11,19H,7-8,10H2,1H3,(H,24,29,30). The smallest absolute Gasteiger partial charge is 0.255 e. The van der Waals surface area contributed by atoms with Crippen LogP contribution in [0.3, 0.4) is 0 Å². The van der Waals surface area contributed by atoms with Gasteiger partial charge in [-0.2, -0.15) is 0 Å². The Kier molecular flexibility index (Phi) is 4.39. The Hall–Kier alpha value is -3.88. The van der Waals surface area contributed by atoms with E-state index >= 15 is 0 Å². The maximum atomic E-state index is 13.9. The molecule has 3 heterocycles. The molecule has 2 aliphatic heterocycles. The number of nitrogens with one attached hydrogen (secondary N) is 1. The Balaban J connectivity index is 1.43. The molecule has 3 aromatic rings. The number of carbonyl (C=O) groups excluding carboxylic acids is 3. The Morgan fingerprint density at radius 3 is 2.77 bits per heavy atom. The van der Waals surface area contributed by atoms with Crippen molar-refractivity contribution < 1.29 is 18.8 Å². The lowest BCUT2D eigenvalue weighted by Crippen LogP contribution is -2.52. The second-order valence-corrected chi connectivity index (χ2v) is 7.70. The van der Waals surface area contributed by atoms with Crippen LogP contribution in [0.5, 0.6) is 0 Å². The second-order valence-electron chi connectivity index (χ2n) is 7.70. The molecule has 1 unspecified atom stereocenters. The van der Waals surface area contributed by atoms with Crippen LogP contribution in [0.1, 0.15) is 34.3 Å². The van der Waals surface area contributed by atoms with Crippen molar-refractivity contribution >= 4 is 17.7 Å². The highest BCUT2D eigenvalue weighted by Gasteiger charge is 2.39. The summed E-state index contributed by atoms with van der Waals surface area (Å²) < 4.78 is 15.4. The number of piperidine rings is 1. The highest BCUT2D eigenvalue weighted by atomic mass is 19.1. The second kappa shape index (κ2) is 7.12. The fourth-order valence-electron chi connectivity index (χ4n) is 4.08. The lowest BCUT2D eigenvalue weighted by molar-refractivity contribution is -0.136. The number of halogens is 1. The van der Waals surface area contributed by atoms with E-state index < -0.39 is 11.9 Å². The molecule has 1 atom stereocenters.